The molecular formula is C17H16ClNO5S. The van der Waals surface area contributed by atoms with Gasteiger partial charge in [0.15, 0.2) is 6.79 Å². The molecule has 25 heavy (non-hydrogen) atoms. The van der Waals surface area contributed by atoms with Crippen molar-refractivity contribution in [3.63, 3.8) is 0 Å². The summed E-state index contributed by atoms with van der Waals surface area (Å²) < 4.78 is 15.9. The molecule has 2 heterocycles. The van der Waals surface area contributed by atoms with E-state index in [0.717, 1.165) is 10.4 Å². The fraction of sp³-hybridized carbons (Fsp3) is 0.294. The molecule has 0 saturated carbocycles. The van der Waals surface area contributed by atoms with E-state index in [4.69, 9.17) is 25.8 Å². The number of rotatable bonds is 5. The van der Waals surface area contributed by atoms with Crippen LogP contribution in [0.25, 0.3) is 0 Å². The number of ether oxygens (including phenoxy) is 3. The van der Waals surface area contributed by atoms with Crippen LogP contribution in [0.15, 0.2) is 24.3 Å². The van der Waals surface area contributed by atoms with Gasteiger partial charge in [0.25, 0.3) is 5.91 Å². The number of amides is 1. The molecule has 0 spiro atoms. The van der Waals surface area contributed by atoms with Gasteiger partial charge in [-0.1, -0.05) is 11.6 Å². The molecule has 1 aromatic carbocycles. The molecule has 0 saturated heterocycles. The Kier molecular flexibility index (Phi) is 5.57. The first kappa shape index (κ1) is 17.7. The molecule has 0 unspecified atom stereocenters. The third kappa shape index (κ3) is 4.50. The standard InChI is InChI=1S/C17H16ClNO5S/c1-10-2-3-14(25-10)17(21)19-6-15(20)23-8-12-5-13(18)4-11-7-22-9-24-16(11)12/h2-5H,6-9H2,1H3,(H,19,21). The number of hydrogen-bond acceptors (Lipinski definition) is 6. The van der Waals surface area contributed by atoms with Crippen LogP contribution in [0.4, 0.5) is 0 Å². The zero-order valence-corrected chi connectivity index (χ0v) is 15.0. The van der Waals surface area contributed by atoms with Crippen molar-refractivity contribution in [1.82, 2.24) is 5.32 Å². The Morgan fingerprint density at radius 3 is 2.96 bits per heavy atom. The number of nitrogens with one attached hydrogen (secondary N) is 1. The monoisotopic (exact) mass is 381 g/mol. The highest BCUT2D eigenvalue weighted by Gasteiger charge is 2.18. The Balaban J connectivity index is 1.54. The number of halogens is 1. The lowest BCUT2D eigenvalue weighted by atomic mass is 10.1. The molecule has 0 atom stereocenters. The van der Waals surface area contributed by atoms with Gasteiger partial charge in [-0.2, -0.15) is 0 Å². The Labute approximate surface area is 153 Å². The maximum absolute atomic E-state index is 11.9. The Hall–Kier alpha value is -2.09. The van der Waals surface area contributed by atoms with Crippen LogP contribution < -0.4 is 10.1 Å². The van der Waals surface area contributed by atoms with Gasteiger partial charge in [-0.05, 0) is 31.2 Å². The predicted octanol–water partition coefficient (Wildman–Crippen LogP) is 3.05. The first-order chi connectivity index (χ1) is 12.0. The first-order valence-corrected chi connectivity index (χ1v) is 8.74. The van der Waals surface area contributed by atoms with Crippen LogP contribution in [0.5, 0.6) is 5.75 Å². The second-order valence-electron chi connectivity index (χ2n) is 5.42. The summed E-state index contributed by atoms with van der Waals surface area (Å²) in [6, 6.07) is 7.01. The van der Waals surface area contributed by atoms with Gasteiger partial charge in [-0.3, -0.25) is 9.59 Å². The molecule has 1 aliphatic heterocycles. The molecule has 2 aromatic rings. The number of carbonyl (C=O) groups excluding carboxylic acids is 2. The van der Waals surface area contributed by atoms with Crippen LogP contribution >= 0.6 is 22.9 Å². The minimum atomic E-state index is -0.539. The third-order valence-electron chi connectivity index (χ3n) is 3.50. The fourth-order valence-electron chi connectivity index (χ4n) is 2.37. The van der Waals surface area contributed by atoms with Crippen molar-refractivity contribution in [2.45, 2.75) is 20.1 Å². The summed E-state index contributed by atoms with van der Waals surface area (Å²) in [5.74, 6) is -0.209. The summed E-state index contributed by atoms with van der Waals surface area (Å²) >= 11 is 7.43. The van der Waals surface area contributed by atoms with Gasteiger partial charge in [0.1, 0.15) is 18.9 Å². The van der Waals surface area contributed by atoms with Crippen molar-refractivity contribution in [2.24, 2.45) is 0 Å². The average Bonchev–Trinajstić information content (AvgIpc) is 3.04. The number of aryl methyl sites for hydroxylation is 1. The second kappa shape index (κ2) is 7.86. The van der Waals surface area contributed by atoms with E-state index in [2.05, 4.69) is 5.32 Å². The van der Waals surface area contributed by atoms with Crippen molar-refractivity contribution in [1.29, 1.82) is 0 Å². The molecule has 3 rings (SSSR count). The molecule has 1 N–H and O–H groups in total. The van der Waals surface area contributed by atoms with Gasteiger partial charge >= 0.3 is 5.97 Å². The van der Waals surface area contributed by atoms with Gasteiger partial charge in [0.2, 0.25) is 0 Å². The fourth-order valence-corrected chi connectivity index (χ4v) is 3.42. The summed E-state index contributed by atoms with van der Waals surface area (Å²) in [4.78, 5) is 25.4. The number of esters is 1. The molecule has 1 aromatic heterocycles. The van der Waals surface area contributed by atoms with Crippen molar-refractivity contribution >= 4 is 34.8 Å². The lowest BCUT2D eigenvalue weighted by Gasteiger charge is -2.21. The SMILES string of the molecule is Cc1ccc(C(=O)NCC(=O)OCc2cc(Cl)cc3c2OCOC3)s1. The van der Waals surface area contributed by atoms with Crippen LogP contribution in [-0.4, -0.2) is 25.2 Å². The van der Waals surface area contributed by atoms with E-state index >= 15 is 0 Å². The highest BCUT2D eigenvalue weighted by Crippen LogP contribution is 2.32. The van der Waals surface area contributed by atoms with E-state index in [1.807, 2.05) is 13.0 Å². The third-order valence-corrected chi connectivity index (χ3v) is 4.72. The number of hydrogen-bond donors (Lipinski definition) is 1. The van der Waals surface area contributed by atoms with E-state index in [0.29, 0.717) is 27.8 Å². The first-order valence-electron chi connectivity index (χ1n) is 7.55. The van der Waals surface area contributed by atoms with E-state index < -0.39 is 5.97 Å². The van der Waals surface area contributed by atoms with E-state index in [1.54, 1.807) is 18.2 Å². The second-order valence-corrected chi connectivity index (χ2v) is 7.14. The molecule has 1 amide bonds. The molecular weight excluding hydrogens is 366 g/mol. The van der Waals surface area contributed by atoms with Crippen molar-refractivity contribution in [3.05, 3.63) is 50.2 Å². The normalized spacial score (nSPS) is 12.9. The Morgan fingerprint density at radius 1 is 1.36 bits per heavy atom. The lowest BCUT2D eigenvalue weighted by molar-refractivity contribution is -0.143. The Bertz CT molecular complexity index is 804. The van der Waals surface area contributed by atoms with E-state index in [1.165, 1.54) is 11.3 Å². The summed E-state index contributed by atoms with van der Waals surface area (Å²) in [5, 5.41) is 3.06. The minimum absolute atomic E-state index is 0.00963. The van der Waals surface area contributed by atoms with Gasteiger partial charge < -0.3 is 19.5 Å². The molecule has 8 heteroatoms. The number of benzene rings is 1. The quantitative estimate of drug-likeness (QED) is 0.806. The number of fused-ring (bicyclic) bond motifs is 1. The van der Waals surface area contributed by atoms with Gasteiger partial charge in [0.05, 0.1) is 11.5 Å². The summed E-state index contributed by atoms with van der Waals surface area (Å²) in [6.07, 6.45) is 0. The van der Waals surface area contributed by atoms with E-state index in [-0.39, 0.29) is 25.9 Å². The zero-order valence-electron chi connectivity index (χ0n) is 13.5. The molecule has 0 radical (unpaired) electrons. The Morgan fingerprint density at radius 2 is 2.20 bits per heavy atom. The minimum Gasteiger partial charge on any atom is -0.467 e. The largest absolute Gasteiger partial charge is 0.467 e. The molecule has 0 bridgehead atoms. The van der Waals surface area contributed by atoms with Crippen molar-refractivity contribution < 1.29 is 23.8 Å². The number of carbonyl (C=O) groups is 2. The number of thiophene rings is 1. The van der Waals surface area contributed by atoms with Crippen LogP contribution in [0.3, 0.4) is 0 Å². The van der Waals surface area contributed by atoms with Gasteiger partial charge in [0, 0.05) is 21.0 Å². The molecule has 132 valence electrons. The molecule has 1 aliphatic rings. The van der Waals surface area contributed by atoms with Crippen LogP contribution in [-0.2, 0) is 27.5 Å². The summed E-state index contributed by atoms with van der Waals surface area (Å²) in [7, 11) is 0. The molecule has 6 nitrogen and oxygen atoms in total. The molecule has 0 fully saturated rings. The topological polar surface area (TPSA) is 73.9 Å². The lowest BCUT2D eigenvalue weighted by Crippen LogP contribution is -2.30. The summed E-state index contributed by atoms with van der Waals surface area (Å²) in [6.45, 7) is 2.26. The van der Waals surface area contributed by atoms with Crippen molar-refractivity contribution in [3.8, 4) is 5.75 Å². The van der Waals surface area contributed by atoms with Crippen LogP contribution in [0.2, 0.25) is 5.02 Å². The van der Waals surface area contributed by atoms with E-state index in [9.17, 15) is 9.59 Å². The van der Waals surface area contributed by atoms with Crippen LogP contribution in [0.1, 0.15) is 25.7 Å². The average molecular weight is 382 g/mol. The highest BCUT2D eigenvalue weighted by atomic mass is 35.5. The van der Waals surface area contributed by atoms with Gasteiger partial charge in [-0.25, -0.2) is 0 Å². The predicted molar refractivity (Wildman–Crippen MR) is 92.9 cm³/mol. The summed E-state index contributed by atoms with van der Waals surface area (Å²) in [5.41, 5.74) is 1.48. The zero-order chi connectivity index (χ0) is 17.8. The van der Waals surface area contributed by atoms with Crippen molar-refractivity contribution in [2.75, 3.05) is 13.3 Å². The molecule has 0 aliphatic carbocycles. The van der Waals surface area contributed by atoms with Gasteiger partial charge in [-0.15, -0.1) is 11.3 Å². The van der Waals surface area contributed by atoms with Crippen LogP contribution in [0, 0.1) is 6.92 Å². The highest BCUT2D eigenvalue weighted by molar-refractivity contribution is 7.13. The maximum Gasteiger partial charge on any atom is 0.325 e. The maximum atomic E-state index is 11.9. The smallest absolute Gasteiger partial charge is 0.325 e.